The number of halogens is 2. The summed E-state index contributed by atoms with van der Waals surface area (Å²) >= 11 is 0. The van der Waals surface area contributed by atoms with Gasteiger partial charge in [0.25, 0.3) is 0 Å². The molecule has 4 heteroatoms. The minimum Gasteiger partial charge on any atom is -0.314 e. The van der Waals surface area contributed by atoms with Crippen molar-refractivity contribution in [2.24, 2.45) is 0 Å². The molecular weight excluding hydrogens is 171 g/mol. The molecule has 2 fully saturated rings. The molecule has 2 N–H and O–H groups in total. The summed E-state index contributed by atoms with van der Waals surface area (Å²) in [7, 11) is 0. The van der Waals surface area contributed by atoms with Gasteiger partial charge in [-0.2, -0.15) is 0 Å². The highest BCUT2D eigenvalue weighted by molar-refractivity contribution is 5.85. The topological polar surface area (TPSA) is 24.1 Å². The number of rotatable bonds is 0. The van der Waals surface area contributed by atoms with Crippen molar-refractivity contribution in [3.8, 4) is 0 Å². The van der Waals surface area contributed by atoms with Crippen molar-refractivity contribution in [1.82, 2.24) is 10.6 Å². The standard InChI is InChI=1S/C6H12N2.2ClH/c1-2-6-4-7-3-5(1)8-6;;/h5-8H,1-4H2;2*1H. The van der Waals surface area contributed by atoms with Crippen LogP contribution in [0.1, 0.15) is 12.8 Å². The van der Waals surface area contributed by atoms with Crippen LogP contribution >= 0.6 is 24.8 Å². The third-order valence-corrected chi connectivity index (χ3v) is 2.12. The molecule has 2 heterocycles. The molecule has 2 aliphatic rings. The van der Waals surface area contributed by atoms with Crippen LogP contribution in [0.15, 0.2) is 0 Å². The molecule has 2 saturated heterocycles. The highest BCUT2D eigenvalue weighted by atomic mass is 35.5. The largest absolute Gasteiger partial charge is 0.314 e. The summed E-state index contributed by atoms with van der Waals surface area (Å²) in [5.41, 5.74) is 0. The lowest BCUT2D eigenvalue weighted by Crippen LogP contribution is -2.48. The van der Waals surface area contributed by atoms with E-state index in [1.165, 1.54) is 25.9 Å². The third kappa shape index (κ3) is 1.99. The van der Waals surface area contributed by atoms with Crippen LogP contribution in [0.25, 0.3) is 0 Å². The molecule has 10 heavy (non-hydrogen) atoms. The summed E-state index contributed by atoms with van der Waals surface area (Å²) < 4.78 is 0. The van der Waals surface area contributed by atoms with Gasteiger partial charge in [0.2, 0.25) is 0 Å². The Kier molecular flexibility index (Phi) is 4.61. The molecule has 62 valence electrons. The van der Waals surface area contributed by atoms with Gasteiger partial charge in [0.1, 0.15) is 0 Å². The second kappa shape index (κ2) is 4.39. The summed E-state index contributed by atoms with van der Waals surface area (Å²) in [4.78, 5) is 0. The van der Waals surface area contributed by atoms with Crippen LogP contribution in [0.5, 0.6) is 0 Å². The van der Waals surface area contributed by atoms with Crippen molar-refractivity contribution in [1.29, 1.82) is 0 Å². The SMILES string of the molecule is C1CC2CNCC1N2.Cl.Cl. The van der Waals surface area contributed by atoms with Crippen LogP contribution in [0, 0.1) is 0 Å². The third-order valence-electron chi connectivity index (χ3n) is 2.12. The number of piperazine rings is 1. The summed E-state index contributed by atoms with van der Waals surface area (Å²) in [6.45, 7) is 2.38. The quantitative estimate of drug-likeness (QED) is 0.576. The normalized spacial score (nSPS) is 36.0. The van der Waals surface area contributed by atoms with E-state index < -0.39 is 0 Å². The van der Waals surface area contributed by atoms with Crippen molar-refractivity contribution >= 4 is 24.8 Å². The lowest BCUT2D eigenvalue weighted by molar-refractivity contribution is 0.423. The maximum Gasteiger partial charge on any atom is 0.0196 e. The molecule has 2 unspecified atom stereocenters. The molecule has 0 aromatic carbocycles. The Morgan fingerprint density at radius 3 is 1.80 bits per heavy atom. The predicted molar refractivity (Wildman–Crippen MR) is 47.3 cm³/mol. The second-order valence-electron chi connectivity index (χ2n) is 2.80. The Labute approximate surface area is 74.0 Å². The van der Waals surface area contributed by atoms with Gasteiger partial charge in [0, 0.05) is 25.2 Å². The van der Waals surface area contributed by atoms with E-state index in [1.807, 2.05) is 0 Å². The molecule has 0 aliphatic carbocycles. The number of hydrogen-bond acceptors (Lipinski definition) is 2. The lowest BCUT2D eigenvalue weighted by Gasteiger charge is -2.21. The minimum atomic E-state index is 0. The van der Waals surface area contributed by atoms with E-state index in [2.05, 4.69) is 10.6 Å². The van der Waals surface area contributed by atoms with Crippen molar-refractivity contribution < 1.29 is 0 Å². The fourth-order valence-electron chi connectivity index (χ4n) is 1.66. The maximum absolute atomic E-state index is 3.53. The average molecular weight is 185 g/mol. The zero-order valence-electron chi connectivity index (χ0n) is 5.80. The van der Waals surface area contributed by atoms with Gasteiger partial charge in [-0.25, -0.2) is 0 Å². The summed E-state index contributed by atoms with van der Waals surface area (Å²) in [5, 5.41) is 6.91. The Morgan fingerprint density at radius 1 is 0.900 bits per heavy atom. The van der Waals surface area contributed by atoms with Gasteiger partial charge in [-0.15, -0.1) is 24.8 Å². The highest BCUT2D eigenvalue weighted by Crippen LogP contribution is 2.13. The van der Waals surface area contributed by atoms with Crippen LogP contribution in [0.3, 0.4) is 0 Å². The molecule has 2 nitrogen and oxygen atoms in total. The van der Waals surface area contributed by atoms with Crippen molar-refractivity contribution in [2.75, 3.05) is 13.1 Å². The Hall–Kier alpha value is 0.500. The number of hydrogen-bond donors (Lipinski definition) is 2. The average Bonchev–Trinajstić information content (AvgIpc) is 2.12. The minimum absolute atomic E-state index is 0. The molecule has 0 amide bonds. The van der Waals surface area contributed by atoms with E-state index in [0.29, 0.717) is 0 Å². The second-order valence-corrected chi connectivity index (χ2v) is 2.80. The Bertz CT molecular complexity index is 85.7. The molecule has 0 aromatic heterocycles. The van der Waals surface area contributed by atoms with Gasteiger partial charge in [-0.1, -0.05) is 0 Å². The molecule has 2 atom stereocenters. The van der Waals surface area contributed by atoms with Gasteiger partial charge < -0.3 is 10.6 Å². The van der Waals surface area contributed by atoms with Crippen molar-refractivity contribution in [3.63, 3.8) is 0 Å². The van der Waals surface area contributed by atoms with Gasteiger partial charge in [0.15, 0.2) is 0 Å². The highest BCUT2D eigenvalue weighted by Gasteiger charge is 2.26. The first kappa shape index (κ1) is 10.5. The molecule has 2 rings (SSSR count). The monoisotopic (exact) mass is 184 g/mol. The number of fused-ring (bicyclic) bond motifs is 2. The van der Waals surface area contributed by atoms with Crippen molar-refractivity contribution in [3.05, 3.63) is 0 Å². The first-order valence-corrected chi connectivity index (χ1v) is 3.42. The molecule has 0 spiro atoms. The summed E-state index contributed by atoms with van der Waals surface area (Å²) in [6.07, 6.45) is 2.77. The predicted octanol–water partition coefficient (Wildman–Crippen LogP) is 0.554. The van der Waals surface area contributed by atoms with Crippen LogP contribution in [-0.2, 0) is 0 Å². The zero-order valence-corrected chi connectivity index (χ0v) is 7.43. The lowest BCUT2D eigenvalue weighted by atomic mass is 10.2. The van der Waals surface area contributed by atoms with Gasteiger partial charge in [-0.3, -0.25) is 0 Å². The maximum atomic E-state index is 3.53. The van der Waals surface area contributed by atoms with E-state index in [0.717, 1.165) is 12.1 Å². The van der Waals surface area contributed by atoms with Crippen LogP contribution in [-0.4, -0.2) is 25.2 Å². The van der Waals surface area contributed by atoms with Crippen molar-refractivity contribution in [2.45, 2.75) is 24.9 Å². The molecular formula is C6H14Cl2N2. The Morgan fingerprint density at radius 2 is 1.40 bits per heavy atom. The van der Waals surface area contributed by atoms with Gasteiger partial charge in [0.05, 0.1) is 0 Å². The van der Waals surface area contributed by atoms with E-state index in [4.69, 9.17) is 0 Å². The van der Waals surface area contributed by atoms with E-state index in [1.54, 1.807) is 0 Å². The van der Waals surface area contributed by atoms with Gasteiger partial charge >= 0.3 is 0 Å². The van der Waals surface area contributed by atoms with E-state index >= 15 is 0 Å². The van der Waals surface area contributed by atoms with E-state index in [-0.39, 0.29) is 24.8 Å². The fourth-order valence-corrected chi connectivity index (χ4v) is 1.66. The molecule has 0 aromatic rings. The summed E-state index contributed by atoms with van der Waals surface area (Å²) in [6, 6.07) is 1.60. The molecule has 2 bridgehead atoms. The molecule has 2 aliphatic heterocycles. The fraction of sp³-hybridized carbons (Fsp3) is 1.00. The Balaban J connectivity index is 0.000000405. The molecule has 0 radical (unpaired) electrons. The zero-order chi connectivity index (χ0) is 5.40. The van der Waals surface area contributed by atoms with Crippen LogP contribution in [0.2, 0.25) is 0 Å². The van der Waals surface area contributed by atoms with Crippen LogP contribution < -0.4 is 10.6 Å². The van der Waals surface area contributed by atoms with E-state index in [9.17, 15) is 0 Å². The smallest absolute Gasteiger partial charge is 0.0196 e. The molecule has 0 saturated carbocycles. The first-order chi connectivity index (χ1) is 3.95. The van der Waals surface area contributed by atoms with Crippen LogP contribution in [0.4, 0.5) is 0 Å². The first-order valence-electron chi connectivity index (χ1n) is 3.42. The summed E-state index contributed by atoms with van der Waals surface area (Å²) in [5.74, 6) is 0. The number of nitrogens with one attached hydrogen (secondary N) is 2. The van der Waals surface area contributed by atoms with Gasteiger partial charge in [-0.05, 0) is 12.8 Å².